The minimum absolute atomic E-state index is 0.0698. The molecule has 0 aromatic heterocycles. The van der Waals surface area contributed by atoms with E-state index < -0.39 is 5.97 Å². The number of carbonyl (C=O) groups excluding carboxylic acids is 1. The van der Waals surface area contributed by atoms with Gasteiger partial charge in [0.05, 0.1) is 5.75 Å². The van der Waals surface area contributed by atoms with Gasteiger partial charge in [-0.25, -0.2) is 0 Å². The molecule has 0 radical (unpaired) electrons. The largest absolute Gasteiger partial charge is 0.481 e. The Morgan fingerprint density at radius 1 is 1.44 bits per heavy atom. The first-order valence-corrected chi connectivity index (χ1v) is 6.32. The summed E-state index contributed by atoms with van der Waals surface area (Å²) in [5.41, 5.74) is 5.49. The van der Waals surface area contributed by atoms with E-state index in [0.29, 0.717) is 18.7 Å². The maximum absolute atomic E-state index is 11.3. The Kier molecular flexibility index (Phi) is 7.16. The van der Waals surface area contributed by atoms with Crippen molar-refractivity contribution >= 4 is 23.6 Å². The second-order valence-corrected chi connectivity index (χ2v) is 5.31. The molecule has 4 N–H and O–H groups in total. The fourth-order valence-corrected chi connectivity index (χ4v) is 1.84. The predicted molar refractivity (Wildman–Crippen MR) is 65.5 cm³/mol. The molecule has 0 heterocycles. The first-order chi connectivity index (χ1) is 7.31. The van der Waals surface area contributed by atoms with Crippen molar-refractivity contribution in [3.05, 3.63) is 0 Å². The van der Waals surface area contributed by atoms with Crippen molar-refractivity contribution in [2.24, 2.45) is 5.73 Å². The zero-order chi connectivity index (χ0) is 12.6. The highest BCUT2D eigenvalue weighted by Gasteiger charge is 2.11. The van der Waals surface area contributed by atoms with E-state index in [4.69, 9.17) is 10.8 Å². The average Bonchev–Trinajstić information content (AvgIpc) is 2.10. The lowest BCUT2D eigenvalue weighted by atomic mass is 10.1. The number of thioether (sulfide) groups is 1. The number of nitrogens with two attached hydrogens (primary N) is 1. The van der Waals surface area contributed by atoms with Gasteiger partial charge in [0.25, 0.3) is 0 Å². The number of carboxylic acid groups (broad SMARTS) is 1. The van der Waals surface area contributed by atoms with Crippen LogP contribution in [-0.2, 0) is 9.59 Å². The Bertz CT molecular complexity index is 239. The van der Waals surface area contributed by atoms with Crippen molar-refractivity contribution in [3.63, 3.8) is 0 Å². The fourth-order valence-electron chi connectivity index (χ4n) is 0.925. The number of nitrogens with one attached hydrogen (secondary N) is 1. The van der Waals surface area contributed by atoms with Crippen LogP contribution in [0.25, 0.3) is 0 Å². The van der Waals surface area contributed by atoms with Crippen LogP contribution in [0.3, 0.4) is 0 Å². The number of carboxylic acids is 1. The standard InChI is InChI=1S/C10H20N2O3S/c1-10(2,11)7-16-6-8(13)12-5-3-4-9(14)15/h3-7,11H2,1-2H3,(H,12,13)(H,14,15). The van der Waals surface area contributed by atoms with Crippen LogP contribution in [-0.4, -0.2) is 40.6 Å². The van der Waals surface area contributed by atoms with Crippen LogP contribution in [0.4, 0.5) is 0 Å². The summed E-state index contributed by atoms with van der Waals surface area (Å²) >= 11 is 1.48. The van der Waals surface area contributed by atoms with Gasteiger partial charge in [-0.3, -0.25) is 9.59 Å². The van der Waals surface area contributed by atoms with E-state index in [1.165, 1.54) is 11.8 Å². The second kappa shape index (κ2) is 7.51. The molecule has 0 atom stereocenters. The predicted octanol–water partition coefficient (Wildman–Crippen LogP) is 0.438. The number of amides is 1. The van der Waals surface area contributed by atoms with Crippen molar-refractivity contribution in [2.75, 3.05) is 18.1 Å². The van der Waals surface area contributed by atoms with Crippen LogP contribution < -0.4 is 11.1 Å². The summed E-state index contributed by atoms with van der Waals surface area (Å²) in [5.74, 6) is 0.177. The molecule has 16 heavy (non-hydrogen) atoms. The van der Waals surface area contributed by atoms with Crippen molar-refractivity contribution in [1.82, 2.24) is 5.32 Å². The van der Waals surface area contributed by atoms with Gasteiger partial charge in [-0.05, 0) is 20.3 Å². The molecular weight excluding hydrogens is 228 g/mol. The van der Waals surface area contributed by atoms with Gasteiger partial charge in [-0.15, -0.1) is 0 Å². The van der Waals surface area contributed by atoms with Crippen LogP contribution in [0.2, 0.25) is 0 Å². The maximum atomic E-state index is 11.3. The third-order valence-electron chi connectivity index (χ3n) is 1.60. The number of hydrogen-bond donors (Lipinski definition) is 3. The third-order valence-corrected chi connectivity index (χ3v) is 3.01. The fraction of sp³-hybridized carbons (Fsp3) is 0.800. The van der Waals surface area contributed by atoms with Gasteiger partial charge in [0.1, 0.15) is 0 Å². The van der Waals surface area contributed by atoms with Crippen molar-refractivity contribution in [3.8, 4) is 0 Å². The Hall–Kier alpha value is -0.750. The summed E-state index contributed by atoms with van der Waals surface area (Å²) < 4.78 is 0. The summed E-state index contributed by atoms with van der Waals surface area (Å²) in [6.07, 6.45) is 0.553. The first-order valence-electron chi connectivity index (χ1n) is 5.16. The molecule has 94 valence electrons. The Labute approximate surface area is 100 Å². The second-order valence-electron chi connectivity index (χ2n) is 4.33. The van der Waals surface area contributed by atoms with E-state index >= 15 is 0 Å². The van der Waals surface area contributed by atoms with Crippen molar-refractivity contribution < 1.29 is 14.7 Å². The lowest BCUT2D eigenvalue weighted by Gasteiger charge is -2.17. The molecule has 0 aliphatic carbocycles. The summed E-state index contributed by atoms with van der Waals surface area (Å²) in [6, 6.07) is 0. The van der Waals surface area contributed by atoms with E-state index in [2.05, 4.69) is 5.32 Å². The molecule has 5 nitrogen and oxygen atoms in total. The summed E-state index contributed by atoms with van der Waals surface area (Å²) in [7, 11) is 0. The van der Waals surface area contributed by atoms with Gasteiger partial charge in [-0.2, -0.15) is 11.8 Å². The molecule has 0 aliphatic rings. The highest BCUT2D eigenvalue weighted by molar-refractivity contribution is 8.00. The van der Waals surface area contributed by atoms with E-state index in [9.17, 15) is 9.59 Å². The van der Waals surface area contributed by atoms with E-state index in [1.807, 2.05) is 13.8 Å². The molecule has 0 rings (SSSR count). The maximum Gasteiger partial charge on any atom is 0.303 e. The smallest absolute Gasteiger partial charge is 0.303 e. The van der Waals surface area contributed by atoms with E-state index in [-0.39, 0.29) is 17.9 Å². The van der Waals surface area contributed by atoms with E-state index in [1.54, 1.807) is 0 Å². The molecule has 0 unspecified atom stereocenters. The molecule has 0 bridgehead atoms. The van der Waals surface area contributed by atoms with Gasteiger partial charge in [0.15, 0.2) is 0 Å². The number of hydrogen-bond acceptors (Lipinski definition) is 4. The number of aliphatic carboxylic acids is 1. The normalized spacial score (nSPS) is 11.2. The lowest BCUT2D eigenvalue weighted by Crippen LogP contribution is -2.35. The molecule has 1 amide bonds. The van der Waals surface area contributed by atoms with Crippen LogP contribution in [0.15, 0.2) is 0 Å². The quantitative estimate of drug-likeness (QED) is 0.542. The zero-order valence-corrected chi connectivity index (χ0v) is 10.6. The van der Waals surface area contributed by atoms with Crippen LogP contribution in [0, 0.1) is 0 Å². The average molecular weight is 248 g/mol. The number of carbonyl (C=O) groups is 2. The van der Waals surface area contributed by atoms with Crippen LogP contribution in [0.1, 0.15) is 26.7 Å². The van der Waals surface area contributed by atoms with Gasteiger partial charge in [-0.1, -0.05) is 0 Å². The minimum Gasteiger partial charge on any atom is -0.481 e. The van der Waals surface area contributed by atoms with Crippen molar-refractivity contribution in [1.29, 1.82) is 0 Å². The third kappa shape index (κ3) is 11.3. The highest BCUT2D eigenvalue weighted by atomic mass is 32.2. The van der Waals surface area contributed by atoms with Gasteiger partial charge < -0.3 is 16.2 Å². The number of rotatable bonds is 8. The lowest BCUT2D eigenvalue weighted by molar-refractivity contribution is -0.137. The van der Waals surface area contributed by atoms with Gasteiger partial charge in [0.2, 0.25) is 5.91 Å². The molecule has 0 aromatic carbocycles. The molecule has 0 saturated heterocycles. The molecule has 0 saturated carbocycles. The topological polar surface area (TPSA) is 92.4 Å². The van der Waals surface area contributed by atoms with Crippen LogP contribution in [0.5, 0.6) is 0 Å². The van der Waals surface area contributed by atoms with Crippen molar-refractivity contribution in [2.45, 2.75) is 32.2 Å². The first kappa shape index (κ1) is 15.2. The SMILES string of the molecule is CC(C)(N)CSCC(=O)NCCCC(=O)O. The summed E-state index contributed by atoms with van der Waals surface area (Å²) in [6.45, 7) is 4.23. The monoisotopic (exact) mass is 248 g/mol. The van der Waals surface area contributed by atoms with Crippen LogP contribution >= 0.6 is 11.8 Å². The minimum atomic E-state index is -0.839. The molecule has 0 aliphatic heterocycles. The molecule has 6 heteroatoms. The van der Waals surface area contributed by atoms with Gasteiger partial charge >= 0.3 is 5.97 Å². The Balaban J connectivity index is 3.42. The molecule has 0 fully saturated rings. The molecule has 0 spiro atoms. The summed E-state index contributed by atoms with van der Waals surface area (Å²) in [5, 5.41) is 11.0. The molecular formula is C10H20N2O3S. The Morgan fingerprint density at radius 3 is 2.56 bits per heavy atom. The Morgan fingerprint density at radius 2 is 2.06 bits per heavy atom. The summed E-state index contributed by atoms with van der Waals surface area (Å²) in [4.78, 5) is 21.4. The molecule has 0 aromatic rings. The highest BCUT2D eigenvalue weighted by Crippen LogP contribution is 2.08. The van der Waals surface area contributed by atoms with E-state index in [0.717, 1.165) is 5.75 Å². The van der Waals surface area contributed by atoms with Gasteiger partial charge in [0, 0.05) is 24.3 Å². The zero-order valence-electron chi connectivity index (χ0n) is 9.78.